The molecule has 12 nitrogen and oxygen atoms in total. The zero-order chi connectivity index (χ0) is 35.8. The quantitative estimate of drug-likeness (QED) is 0.231. The molecule has 2 N–H and O–H groups in total. The number of ether oxygens (including phenoxy) is 3. The molecule has 3 saturated carbocycles. The molecular formula is C34H50O12Si2. The topological polar surface area (TPSA) is 164 Å². The Morgan fingerprint density at radius 3 is 2.19 bits per heavy atom. The summed E-state index contributed by atoms with van der Waals surface area (Å²) in [7, 11) is -4.24. The first-order valence-corrected chi connectivity index (χ1v) is 22.2. The largest absolute Gasteiger partial charge is 0.455 e. The van der Waals surface area contributed by atoms with Crippen molar-refractivity contribution in [2.45, 2.75) is 109 Å². The van der Waals surface area contributed by atoms with Gasteiger partial charge in [0.05, 0.1) is 35.7 Å². The summed E-state index contributed by atoms with van der Waals surface area (Å²) in [5, 5.41) is 24.5. The van der Waals surface area contributed by atoms with Gasteiger partial charge in [0.15, 0.2) is 5.60 Å². The predicted octanol–water partition coefficient (Wildman–Crippen LogP) is 3.32. The zero-order valence-electron chi connectivity index (χ0n) is 29.5. The van der Waals surface area contributed by atoms with Crippen molar-refractivity contribution in [2.24, 2.45) is 28.6 Å². The first-order chi connectivity index (χ1) is 22.1. The van der Waals surface area contributed by atoms with Crippen LogP contribution in [-0.4, -0.2) is 100 Å². The number of hydrogen-bond acceptors (Lipinski definition) is 12. The van der Waals surface area contributed by atoms with E-state index >= 15 is 4.79 Å². The number of fused-ring (bicyclic) bond motifs is 5. The van der Waals surface area contributed by atoms with Crippen molar-refractivity contribution < 1.29 is 56.6 Å². The van der Waals surface area contributed by atoms with E-state index in [1.807, 2.05) is 26.2 Å². The van der Waals surface area contributed by atoms with E-state index in [4.69, 9.17) is 27.2 Å². The second kappa shape index (κ2) is 12.2. The minimum atomic E-state index is -3.14. The summed E-state index contributed by atoms with van der Waals surface area (Å²) < 4.78 is 37.4. The van der Waals surface area contributed by atoms with E-state index in [1.54, 1.807) is 65.1 Å². The molecule has 5 rings (SSSR count). The molecule has 1 aliphatic heterocycles. The first kappa shape index (κ1) is 37.0. The molecule has 2 bridgehead atoms. The van der Waals surface area contributed by atoms with Gasteiger partial charge < -0.3 is 37.4 Å². The Bertz CT molecular complexity index is 1460. The molecule has 0 radical (unpaired) electrons. The van der Waals surface area contributed by atoms with E-state index < -0.39 is 105 Å². The monoisotopic (exact) mass is 706 g/mol. The van der Waals surface area contributed by atoms with Crippen LogP contribution in [0.5, 0.6) is 0 Å². The van der Waals surface area contributed by atoms with Crippen LogP contribution in [0.1, 0.15) is 57.8 Å². The maximum absolute atomic E-state index is 15.1. The number of carbonyl (C=O) groups is 4. The third-order valence-electron chi connectivity index (χ3n) is 11.6. The van der Waals surface area contributed by atoms with Gasteiger partial charge in [-0.2, -0.15) is 0 Å². The van der Waals surface area contributed by atoms with Gasteiger partial charge in [-0.25, -0.2) is 4.79 Å². The van der Waals surface area contributed by atoms with Crippen LogP contribution in [0, 0.1) is 28.6 Å². The van der Waals surface area contributed by atoms with Crippen molar-refractivity contribution in [3.63, 3.8) is 0 Å². The molecule has 48 heavy (non-hydrogen) atoms. The molecule has 4 aliphatic rings. The van der Waals surface area contributed by atoms with Crippen LogP contribution in [0.4, 0.5) is 0 Å². The van der Waals surface area contributed by atoms with E-state index in [0.717, 1.165) is 0 Å². The summed E-state index contributed by atoms with van der Waals surface area (Å²) in [4.78, 5) is 56.6. The van der Waals surface area contributed by atoms with Gasteiger partial charge in [0, 0.05) is 38.2 Å². The fourth-order valence-corrected chi connectivity index (χ4v) is 15.4. The number of benzene rings is 1. The van der Waals surface area contributed by atoms with E-state index in [0.29, 0.717) is 0 Å². The van der Waals surface area contributed by atoms with Crippen molar-refractivity contribution in [1.82, 2.24) is 0 Å². The highest BCUT2D eigenvalue weighted by molar-refractivity contribution is 6.78. The summed E-state index contributed by atoms with van der Waals surface area (Å²) in [5.41, 5.74) is -6.69. The summed E-state index contributed by atoms with van der Waals surface area (Å²) in [6.45, 7) is 15.0. The lowest BCUT2D eigenvalue weighted by Gasteiger charge is -2.68. The minimum Gasteiger partial charge on any atom is -0.455 e. The second-order valence-corrected chi connectivity index (χ2v) is 22.8. The Kier molecular flexibility index (Phi) is 9.38. The number of carbonyl (C=O) groups excluding carboxylic acids is 4. The number of aliphatic hydroxyl groups excluding tert-OH is 1. The Morgan fingerprint density at radius 1 is 1.02 bits per heavy atom. The molecule has 14 heteroatoms. The standard InChI is InChI=1S/C34H50O12Si2/c1-19-22(36)17-34(40)29(43-30(39)21-14-12-11-13-15-21)27-32(5,28(38)26(37)25(19)31(34,3)4)23(45-48(9,10)46-47(7,8)41-6)16-24-33(27,18-42-24)44-20(2)35/h11-15,19,22-25,27,29,36,40H,16-18H2,1-10H3/t19?,22-,23-,24+,25?,27?,29-,32+,33-,34+/m0/s1. The second-order valence-electron chi connectivity index (χ2n) is 15.7. The summed E-state index contributed by atoms with van der Waals surface area (Å²) >= 11 is 0. The lowest BCUT2D eigenvalue weighted by atomic mass is 9.42. The van der Waals surface area contributed by atoms with Crippen LogP contribution < -0.4 is 0 Å². The Morgan fingerprint density at radius 2 is 1.65 bits per heavy atom. The summed E-state index contributed by atoms with van der Waals surface area (Å²) in [5.74, 6) is -6.25. The van der Waals surface area contributed by atoms with Gasteiger partial charge in [-0.15, -0.1) is 0 Å². The highest BCUT2D eigenvalue weighted by Gasteiger charge is 2.79. The van der Waals surface area contributed by atoms with E-state index in [2.05, 4.69) is 0 Å². The van der Waals surface area contributed by atoms with E-state index in [9.17, 15) is 24.6 Å². The third kappa shape index (κ3) is 5.65. The van der Waals surface area contributed by atoms with E-state index in [1.165, 1.54) is 6.92 Å². The Labute approximate surface area is 284 Å². The highest BCUT2D eigenvalue weighted by Crippen LogP contribution is 2.64. The number of ketones is 2. The zero-order valence-corrected chi connectivity index (χ0v) is 31.5. The average molecular weight is 707 g/mol. The van der Waals surface area contributed by atoms with Crippen LogP contribution in [0.15, 0.2) is 30.3 Å². The van der Waals surface area contributed by atoms with Crippen molar-refractivity contribution in [1.29, 1.82) is 0 Å². The van der Waals surface area contributed by atoms with Gasteiger partial charge in [0.25, 0.3) is 0 Å². The molecule has 10 atom stereocenters. The first-order valence-electron chi connectivity index (χ1n) is 16.6. The molecule has 0 spiro atoms. The van der Waals surface area contributed by atoms with Crippen LogP contribution in [-0.2, 0) is 41.6 Å². The fraction of sp³-hybridized carbons (Fsp3) is 0.706. The van der Waals surface area contributed by atoms with Gasteiger partial charge in [0.1, 0.15) is 17.8 Å². The molecule has 1 aromatic rings. The maximum atomic E-state index is 15.1. The minimum absolute atomic E-state index is 0.0536. The number of aliphatic hydroxyl groups is 2. The molecule has 3 aliphatic carbocycles. The van der Waals surface area contributed by atoms with Crippen LogP contribution in [0.25, 0.3) is 0 Å². The van der Waals surface area contributed by atoms with E-state index in [-0.39, 0.29) is 25.0 Å². The molecule has 1 aromatic carbocycles. The number of hydrogen-bond donors (Lipinski definition) is 2. The lowest BCUT2D eigenvalue weighted by Crippen LogP contribution is -2.83. The molecule has 4 fully saturated rings. The van der Waals surface area contributed by atoms with Gasteiger partial charge in [-0.05, 0) is 51.2 Å². The van der Waals surface area contributed by atoms with Gasteiger partial charge in [-0.1, -0.05) is 39.0 Å². The normalized spacial score (nSPS) is 39.2. The van der Waals surface area contributed by atoms with Gasteiger partial charge in [-0.3, -0.25) is 14.4 Å². The van der Waals surface area contributed by atoms with Crippen molar-refractivity contribution in [3.8, 4) is 0 Å². The SMILES string of the molecule is CO[Si](C)(C)O[Si](C)(C)O[C@H]1C[C@H]2OC[C@@]2(OC(C)=O)C2[C@H](OC(=O)c3ccccc3)[C@]3(O)C[C@H](O)C(C)C(C(=O)C(=O)[C@@]21C)C3(C)C. The molecular weight excluding hydrogens is 657 g/mol. The molecule has 1 saturated heterocycles. The smallest absolute Gasteiger partial charge is 0.338 e. The van der Waals surface area contributed by atoms with Crippen molar-refractivity contribution in [3.05, 3.63) is 35.9 Å². The Hall–Kier alpha value is -2.31. The van der Waals surface area contributed by atoms with Crippen LogP contribution >= 0.6 is 0 Å². The molecule has 3 unspecified atom stereocenters. The molecule has 266 valence electrons. The molecule has 1 heterocycles. The average Bonchev–Trinajstić information content (AvgIpc) is 2.98. The summed E-state index contributed by atoms with van der Waals surface area (Å²) in [6, 6.07) is 8.20. The third-order valence-corrected chi connectivity index (χ3v) is 17.4. The number of esters is 2. The summed E-state index contributed by atoms with van der Waals surface area (Å²) in [6.07, 6.45) is -4.89. The van der Waals surface area contributed by atoms with Crippen LogP contribution in [0.3, 0.4) is 0 Å². The highest BCUT2D eigenvalue weighted by atomic mass is 28.5. The van der Waals surface area contributed by atoms with Crippen molar-refractivity contribution >= 4 is 40.6 Å². The lowest BCUT2D eigenvalue weighted by molar-refractivity contribution is -0.349. The molecule has 0 amide bonds. The maximum Gasteiger partial charge on any atom is 0.338 e. The number of Topliss-reactive ketones (excluding diaryl/α,β-unsaturated/α-hetero) is 2. The van der Waals surface area contributed by atoms with Crippen LogP contribution in [0.2, 0.25) is 26.2 Å². The van der Waals surface area contributed by atoms with Gasteiger partial charge >= 0.3 is 29.1 Å². The van der Waals surface area contributed by atoms with Crippen molar-refractivity contribution in [2.75, 3.05) is 13.7 Å². The van der Waals surface area contributed by atoms with Gasteiger partial charge in [0.2, 0.25) is 11.6 Å². The predicted molar refractivity (Wildman–Crippen MR) is 176 cm³/mol. The molecule has 0 aromatic heterocycles. The Balaban J connectivity index is 1.79. The number of rotatable bonds is 8. The fourth-order valence-electron chi connectivity index (χ4n) is 9.10.